The number of nitrogens with zero attached hydrogens (tertiary/aromatic N) is 3. The van der Waals surface area contributed by atoms with Crippen molar-refractivity contribution in [2.75, 3.05) is 18.9 Å². The quantitative estimate of drug-likeness (QED) is 0.885. The van der Waals surface area contributed by atoms with Crippen LogP contribution in [-0.2, 0) is 6.54 Å². The number of pyridine rings is 2. The second-order valence-corrected chi connectivity index (χ2v) is 4.87. The van der Waals surface area contributed by atoms with E-state index in [0.29, 0.717) is 12.1 Å². The third-order valence-electron chi connectivity index (χ3n) is 3.11. The number of nitrogens with one attached hydrogen (secondary N) is 1. The van der Waals surface area contributed by atoms with Crippen molar-refractivity contribution >= 4 is 11.6 Å². The molecule has 2 aromatic heterocycles. The molecular formula is C16H20N4O. The van der Waals surface area contributed by atoms with Gasteiger partial charge in [0.2, 0.25) is 0 Å². The molecule has 0 saturated heterocycles. The number of anilines is 1. The number of amides is 1. The maximum absolute atomic E-state index is 12.6. The zero-order chi connectivity index (χ0) is 15.1. The van der Waals surface area contributed by atoms with Crippen LogP contribution in [-0.4, -0.2) is 34.4 Å². The van der Waals surface area contributed by atoms with Gasteiger partial charge in [-0.05, 0) is 24.1 Å². The Morgan fingerprint density at radius 2 is 2.05 bits per heavy atom. The molecule has 0 radical (unpaired) electrons. The number of hydrogen-bond donors (Lipinski definition) is 1. The molecule has 0 aliphatic rings. The summed E-state index contributed by atoms with van der Waals surface area (Å²) in [4.78, 5) is 22.4. The fourth-order valence-electron chi connectivity index (χ4n) is 2.02. The third kappa shape index (κ3) is 4.02. The van der Waals surface area contributed by atoms with E-state index in [1.807, 2.05) is 18.2 Å². The average Bonchev–Trinajstić information content (AvgIpc) is 2.53. The van der Waals surface area contributed by atoms with Crippen molar-refractivity contribution in [1.82, 2.24) is 14.9 Å². The van der Waals surface area contributed by atoms with Gasteiger partial charge in [0.1, 0.15) is 0 Å². The number of hydrogen-bond acceptors (Lipinski definition) is 4. The van der Waals surface area contributed by atoms with E-state index in [1.54, 1.807) is 36.7 Å². The van der Waals surface area contributed by atoms with Crippen molar-refractivity contribution in [1.29, 1.82) is 0 Å². The third-order valence-corrected chi connectivity index (χ3v) is 3.11. The van der Waals surface area contributed by atoms with Crippen molar-refractivity contribution in [3.63, 3.8) is 0 Å². The van der Waals surface area contributed by atoms with Crippen molar-refractivity contribution in [3.8, 4) is 0 Å². The minimum Gasteiger partial charge on any atom is -0.384 e. The van der Waals surface area contributed by atoms with E-state index in [2.05, 4.69) is 22.2 Å². The summed E-state index contributed by atoms with van der Waals surface area (Å²) in [5, 5.41) is 3.26. The van der Waals surface area contributed by atoms with Gasteiger partial charge in [-0.3, -0.25) is 14.8 Å². The minimum absolute atomic E-state index is 0.0504. The first-order valence-corrected chi connectivity index (χ1v) is 7.04. The molecule has 0 aliphatic carbocycles. The Labute approximate surface area is 125 Å². The van der Waals surface area contributed by atoms with Gasteiger partial charge in [0.15, 0.2) is 0 Å². The Morgan fingerprint density at radius 1 is 1.24 bits per heavy atom. The van der Waals surface area contributed by atoms with Gasteiger partial charge in [-0.2, -0.15) is 0 Å². The number of carbonyl (C=O) groups excluding carboxylic acids is 1. The van der Waals surface area contributed by atoms with E-state index in [0.717, 1.165) is 24.2 Å². The standard InChI is InChI=1S/C16H20N4O/c1-3-7-19-15-6-9-18-11-14(15)16(21)20(2)12-13-5-4-8-17-10-13/h4-6,8-11H,3,7,12H2,1-2H3,(H,18,19). The normalized spacial score (nSPS) is 10.2. The summed E-state index contributed by atoms with van der Waals surface area (Å²) >= 11 is 0. The number of aromatic nitrogens is 2. The predicted molar refractivity (Wildman–Crippen MR) is 83.1 cm³/mol. The zero-order valence-corrected chi connectivity index (χ0v) is 12.4. The van der Waals surface area contributed by atoms with E-state index < -0.39 is 0 Å². The van der Waals surface area contributed by atoms with Crippen LogP contribution in [0.1, 0.15) is 29.3 Å². The van der Waals surface area contributed by atoms with Crippen LogP contribution in [0, 0.1) is 0 Å². The van der Waals surface area contributed by atoms with Crippen molar-refractivity contribution in [3.05, 3.63) is 54.1 Å². The Balaban J connectivity index is 2.12. The predicted octanol–water partition coefficient (Wildman–Crippen LogP) is 2.57. The van der Waals surface area contributed by atoms with Gasteiger partial charge in [0.05, 0.1) is 11.3 Å². The topological polar surface area (TPSA) is 58.1 Å². The molecule has 5 heteroatoms. The summed E-state index contributed by atoms with van der Waals surface area (Å²) in [6.45, 7) is 3.44. The first-order chi connectivity index (χ1) is 10.2. The average molecular weight is 284 g/mol. The molecule has 1 N–H and O–H groups in total. The molecule has 0 aromatic carbocycles. The fourth-order valence-corrected chi connectivity index (χ4v) is 2.02. The molecule has 0 aliphatic heterocycles. The molecule has 0 saturated carbocycles. The van der Waals surface area contributed by atoms with Gasteiger partial charge in [0.25, 0.3) is 5.91 Å². The minimum atomic E-state index is -0.0504. The van der Waals surface area contributed by atoms with Gasteiger partial charge in [-0.1, -0.05) is 13.0 Å². The van der Waals surface area contributed by atoms with Crippen LogP contribution in [0.4, 0.5) is 5.69 Å². The highest BCUT2D eigenvalue weighted by Crippen LogP contribution is 2.16. The molecule has 0 fully saturated rings. The Bertz CT molecular complexity index is 586. The maximum Gasteiger partial charge on any atom is 0.257 e. The molecule has 21 heavy (non-hydrogen) atoms. The Morgan fingerprint density at radius 3 is 2.76 bits per heavy atom. The maximum atomic E-state index is 12.6. The Hall–Kier alpha value is -2.43. The van der Waals surface area contributed by atoms with E-state index >= 15 is 0 Å². The second kappa shape index (κ2) is 7.38. The summed E-state index contributed by atoms with van der Waals surface area (Å²) in [6.07, 6.45) is 7.79. The molecule has 2 aromatic rings. The van der Waals surface area contributed by atoms with E-state index in [-0.39, 0.29) is 5.91 Å². The van der Waals surface area contributed by atoms with Crippen LogP contribution in [0.3, 0.4) is 0 Å². The lowest BCUT2D eigenvalue weighted by Crippen LogP contribution is -2.27. The summed E-state index contributed by atoms with van der Waals surface area (Å²) in [6, 6.07) is 5.66. The second-order valence-electron chi connectivity index (χ2n) is 4.87. The van der Waals surface area contributed by atoms with Crippen LogP contribution >= 0.6 is 0 Å². The molecular weight excluding hydrogens is 264 g/mol. The van der Waals surface area contributed by atoms with Crippen LogP contribution in [0.25, 0.3) is 0 Å². The molecule has 0 unspecified atom stereocenters. The van der Waals surface area contributed by atoms with Crippen LogP contribution in [0.2, 0.25) is 0 Å². The van der Waals surface area contributed by atoms with Crippen molar-refractivity contribution in [2.45, 2.75) is 19.9 Å². The first kappa shape index (κ1) is 15.0. The van der Waals surface area contributed by atoms with Crippen LogP contribution in [0.5, 0.6) is 0 Å². The van der Waals surface area contributed by atoms with E-state index in [1.165, 1.54) is 0 Å². The Kier molecular flexibility index (Phi) is 5.26. The molecule has 110 valence electrons. The van der Waals surface area contributed by atoms with Gasteiger partial charge < -0.3 is 10.2 Å². The lowest BCUT2D eigenvalue weighted by atomic mass is 10.2. The van der Waals surface area contributed by atoms with Gasteiger partial charge in [-0.25, -0.2) is 0 Å². The lowest BCUT2D eigenvalue weighted by molar-refractivity contribution is 0.0785. The lowest BCUT2D eigenvalue weighted by Gasteiger charge is -2.19. The van der Waals surface area contributed by atoms with E-state index in [9.17, 15) is 4.79 Å². The molecule has 2 heterocycles. The van der Waals surface area contributed by atoms with Crippen LogP contribution < -0.4 is 5.32 Å². The number of carbonyl (C=O) groups is 1. The molecule has 0 atom stereocenters. The fraction of sp³-hybridized carbons (Fsp3) is 0.312. The molecule has 0 spiro atoms. The molecule has 5 nitrogen and oxygen atoms in total. The van der Waals surface area contributed by atoms with E-state index in [4.69, 9.17) is 0 Å². The number of rotatable bonds is 6. The SMILES string of the molecule is CCCNc1ccncc1C(=O)N(C)Cc1cccnc1. The van der Waals surface area contributed by atoms with Crippen molar-refractivity contribution < 1.29 is 4.79 Å². The highest BCUT2D eigenvalue weighted by molar-refractivity contribution is 5.99. The molecule has 1 amide bonds. The first-order valence-electron chi connectivity index (χ1n) is 7.04. The zero-order valence-electron chi connectivity index (χ0n) is 12.4. The van der Waals surface area contributed by atoms with Gasteiger partial charge >= 0.3 is 0 Å². The summed E-state index contributed by atoms with van der Waals surface area (Å²) in [5.74, 6) is -0.0504. The van der Waals surface area contributed by atoms with Crippen LogP contribution in [0.15, 0.2) is 43.0 Å². The molecule has 2 rings (SSSR count). The largest absolute Gasteiger partial charge is 0.384 e. The molecule has 0 bridgehead atoms. The highest BCUT2D eigenvalue weighted by Gasteiger charge is 2.16. The monoisotopic (exact) mass is 284 g/mol. The summed E-state index contributed by atoms with van der Waals surface area (Å²) in [5.41, 5.74) is 2.42. The van der Waals surface area contributed by atoms with Crippen molar-refractivity contribution in [2.24, 2.45) is 0 Å². The summed E-state index contributed by atoms with van der Waals surface area (Å²) < 4.78 is 0. The van der Waals surface area contributed by atoms with Gasteiger partial charge in [0, 0.05) is 44.9 Å². The summed E-state index contributed by atoms with van der Waals surface area (Å²) in [7, 11) is 1.78. The van der Waals surface area contributed by atoms with Gasteiger partial charge in [-0.15, -0.1) is 0 Å². The highest BCUT2D eigenvalue weighted by atomic mass is 16.2. The smallest absolute Gasteiger partial charge is 0.257 e.